The third-order valence-corrected chi connectivity index (χ3v) is 9.48. The molecule has 1 aliphatic heterocycles. The number of anilines is 1. The van der Waals surface area contributed by atoms with Crippen LogP contribution in [0.3, 0.4) is 0 Å². The number of amides is 2. The molecule has 5 rings (SSSR count). The molecule has 37 heavy (non-hydrogen) atoms. The highest BCUT2D eigenvalue weighted by atomic mass is 32.2. The summed E-state index contributed by atoms with van der Waals surface area (Å²) >= 11 is 0. The maximum Gasteiger partial charge on any atom is 0.255 e. The van der Waals surface area contributed by atoms with Gasteiger partial charge in [-0.15, -0.1) is 0 Å². The molecule has 3 aromatic rings. The van der Waals surface area contributed by atoms with Crippen molar-refractivity contribution < 1.29 is 18.0 Å². The summed E-state index contributed by atoms with van der Waals surface area (Å²) < 4.78 is 29.8. The first-order chi connectivity index (χ1) is 17.7. The van der Waals surface area contributed by atoms with Crippen LogP contribution in [0.4, 0.5) is 5.69 Å². The van der Waals surface area contributed by atoms with E-state index in [0.29, 0.717) is 48.0 Å². The number of nitrogens with one attached hydrogen (secondary N) is 2. The molecule has 1 saturated heterocycles. The van der Waals surface area contributed by atoms with Gasteiger partial charge in [0.25, 0.3) is 5.91 Å². The SMILES string of the molecule is CCC1(C(=O)N2CCC(NS(=O)(=O)c3ccc(NC(=O)c4ccccc4C)c4ccccc34)CC2)CC1. The zero-order valence-corrected chi connectivity index (χ0v) is 22.1. The van der Waals surface area contributed by atoms with E-state index in [2.05, 4.69) is 17.0 Å². The van der Waals surface area contributed by atoms with Crippen LogP contribution in [-0.4, -0.2) is 44.3 Å². The number of likely N-dealkylation sites (tertiary alicyclic amines) is 1. The fourth-order valence-corrected chi connectivity index (χ4v) is 6.84. The number of fused-ring (bicyclic) bond motifs is 1. The fraction of sp³-hybridized carbons (Fsp3) is 0.379. The van der Waals surface area contributed by atoms with Gasteiger partial charge in [-0.05, 0) is 62.8 Å². The lowest BCUT2D eigenvalue weighted by Gasteiger charge is -2.34. The van der Waals surface area contributed by atoms with Gasteiger partial charge < -0.3 is 10.2 Å². The molecule has 0 atom stereocenters. The van der Waals surface area contributed by atoms with Crippen LogP contribution in [0.5, 0.6) is 0 Å². The number of piperidine rings is 1. The Balaban J connectivity index is 1.33. The topological polar surface area (TPSA) is 95.6 Å². The Bertz CT molecular complexity index is 1460. The van der Waals surface area contributed by atoms with Crippen LogP contribution in [0.25, 0.3) is 10.8 Å². The van der Waals surface area contributed by atoms with Crippen LogP contribution in [0.2, 0.25) is 0 Å². The minimum atomic E-state index is -3.82. The van der Waals surface area contributed by atoms with Crippen LogP contribution in [0.15, 0.2) is 65.6 Å². The van der Waals surface area contributed by atoms with Crippen molar-refractivity contribution in [3.63, 3.8) is 0 Å². The van der Waals surface area contributed by atoms with Crippen molar-refractivity contribution in [2.45, 2.75) is 56.9 Å². The van der Waals surface area contributed by atoms with E-state index in [-0.39, 0.29) is 28.2 Å². The van der Waals surface area contributed by atoms with E-state index < -0.39 is 10.0 Å². The van der Waals surface area contributed by atoms with Crippen LogP contribution in [0, 0.1) is 12.3 Å². The van der Waals surface area contributed by atoms with Crippen LogP contribution in [0.1, 0.15) is 54.9 Å². The van der Waals surface area contributed by atoms with Gasteiger partial charge in [0, 0.05) is 46.6 Å². The normalized spacial score (nSPS) is 17.5. The molecule has 1 aliphatic carbocycles. The maximum absolute atomic E-state index is 13.5. The van der Waals surface area contributed by atoms with Crippen LogP contribution in [-0.2, 0) is 14.8 Å². The molecule has 0 spiro atoms. The summed E-state index contributed by atoms with van der Waals surface area (Å²) in [5.41, 5.74) is 1.82. The van der Waals surface area contributed by atoms with Crippen molar-refractivity contribution in [2.75, 3.05) is 18.4 Å². The Kier molecular flexibility index (Phi) is 6.81. The van der Waals surface area contributed by atoms with Crippen molar-refractivity contribution in [3.05, 3.63) is 71.8 Å². The Hall–Kier alpha value is -3.23. The van der Waals surface area contributed by atoms with E-state index in [1.165, 1.54) is 0 Å². The van der Waals surface area contributed by atoms with Gasteiger partial charge in [-0.1, -0.05) is 49.4 Å². The second-order valence-electron chi connectivity index (χ2n) is 10.2. The lowest BCUT2D eigenvalue weighted by molar-refractivity contribution is -0.138. The summed E-state index contributed by atoms with van der Waals surface area (Å²) in [5, 5.41) is 4.15. The van der Waals surface area contributed by atoms with Crippen molar-refractivity contribution >= 4 is 38.3 Å². The Labute approximate surface area is 218 Å². The first-order valence-electron chi connectivity index (χ1n) is 12.9. The molecule has 1 heterocycles. The lowest BCUT2D eigenvalue weighted by Crippen LogP contribution is -2.48. The average Bonchev–Trinajstić information content (AvgIpc) is 3.70. The average molecular weight is 520 g/mol. The quantitative estimate of drug-likeness (QED) is 0.466. The van der Waals surface area contributed by atoms with E-state index in [4.69, 9.17) is 0 Å². The summed E-state index contributed by atoms with van der Waals surface area (Å²) in [6.07, 6.45) is 3.97. The van der Waals surface area contributed by atoms with Crippen LogP contribution < -0.4 is 10.0 Å². The molecule has 8 heteroatoms. The monoisotopic (exact) mass is 519 g/mol. The number of hydrogen-bond donors (Lipinski definition) is 2. The molecule has 2 aliphatic rings. The Morgan fingerprint density at radius 2 is 1.59 bits per heavy atom. The van der Waals surface area contributed by atoms with Gasteiger partial charge in [-0.25, -0.2) is 13.1 Å². The number of hydrogen-bond acceptors (Lipinski definition) is 4. The van der Waals surface area contributed by atoms with Gasteiger partial charge >= 0.3 is 0 Å². The molecule has 194 valence electrons. The highest BCUT2D eigenvalue weighted by molar-refractivity contribution is 7.89. The standard InChI is InChI=1S/C29H33N3O4S/c1-3-29(16-17-29)28(34)32-18-14-21(15-19-32)31-37(35,36)26-13-12-25(23-10-6-7-11-24(23)26)30-27(33)22-9-5-4-8-20(22)2/h4-13,21,31H,3,14-19H2,1-2H3,(H,30,33). The van der Waals surface area contributed by atoms with Crippen molar-refractivity contribution in [2.24, 2.45) is 5.41 Å². The van der Waals surface area contributed by atoms with E-state index in [1.807, 2.05) is 42.2 Å². The number of sulfonamides is 1. The first-order valence-corrected chi connectivity index (χ1v) is 14.4. The summed E-state index contributed by atoms with van der Waals surface area (Å²) in [5.74, 6) is -0.0139. The number of rotatable bonds is 7. The molecule has 2 amide bonds. The van der Waals surface area contributed by atoms with Crippen molar-refractivity contribution in [3.8, 4) is 0 Å². The van der Waals surface area contributed by atoms with Crippen LogP contribution >= 0.6 is 0 Å². The molecule has 0 radical (unpaired) electrons. The Morgan fingerprint density at radius 3 is 2.24 bits per heavy atom. The van der Waals surface area contributed by atoms with E-state index >= 15 is 0 Å². The van der Waals surface area contributed by atoms with Gasteiger partial charge in [0.15, 0.2) is 0 Å². The van der Waals surface area contributed by atoms with Gasteiger partial charge in [0.05, 0.1) is 4.90 Å². The molecule has 3 aromatic carbocycles. The fourth-order valence-electron chi connectivity index (χ4n) is 5.32. The van der Waals surface area contributed by atoms with Crippen molar-refractivity contribution in [1.29, 1.82) is 0 Å². The highest BCUT2D eigenvalue weighted by Crippen LogP contribution is 2.50. The minimum Gasteiger partial charge on any atom is -0.342 e. The maximum atomic E-state index is 13.5. The smallest absolute Gasteiger partial charge is 0.255 e. The molecule has 0 bridgehead atoms. The van der Waals surface area contributed by atoms with E-state index in [1.54, 1.807) is 30.3 Å². The molecule has 0 aromatic heterocycles. The predicted molar refractivity (Wildman–Crippen MR) is 145 cm³/mol. The Morgan fingerprint density at radius 1 is 0.946 bits per heavy atom. The lowest BCUT2D eigenvalue weighted by atomic mass is 9.99. The number of carbonyl (C=O) groups is 2. The second kappa shape index (κ2) is 9.91. The zero-order valence-electron chi connectivity index (χ0n) is 21.3. The van der Waals surface area contributed by atoms with Crippen molar-refractivity contribution in [1.82, 2.24) is 9.62 Å². The largest absolute Gasteiger partial charge is 0.342 e. The summed E-state index contributed by atoms with van der Waals surface area (Å²) in [4.78, 5) is 27.8. The third-order valence-electron chi connectivity index (χ3n) is 7.90. The second-order valence-corrected chi connectivity index (χ2v) is 11.9. The van der Waals surface area contributed by atoms with E-state index in [0.717, 1.165) is 24.8 Å². The summed E-state index contributed by atoms with van der Waals surface area (Å²) in [6, 6.07) is 17.5. The predicted octanol–water partition coefficient (Wildman–Crippen LogP) is 4.86. The molecule has 2 N–H and O–H groups in total. The number of aryl methyl sites for hydroxylation is 1. The third kappa shape index (κ3) is 5.00. The minimum absolute atomic E-state index is 0.165. The number of nitrogens with zero attached hydrogens (tertiary/aromatic N) is 1. The molecular formula is C29H33N3O4S. The molecular weight excluding hydrogens is 486 g/mol. The van der Waals surface area contributed by atoms with Gasteiger partial charge in [0.2, 0.25) is 15.9 Å². The highest BCUT2D eigenvalue weighted by Gasteiger charge is 2.50. The summed E-state index contributed by atoms with van der Waals surface area (Å²) in [6.45, 7) is 5.08. The number of benzene rings is 3. The van der Waals surface area contributed by atoms with E-state index in [9.17, 15) is 18.0 Å². The van der Waals surface area contributed by atoms with Gasteiger partial charge in [-0.3, -0.25) is 9.59 Å². The zero-order chi connectivity index (χ0) is 26.2. The molecule has 2 fully saturated rings. The molecule has 0 unspecified atom stereocenters. The van der Waals surface area contributed by atoms with Gasteiger partial charge in [0.1, 0.15) is 0 Å². The first kappa shape index (κ1) is 25.4. The molecule has 7 nitrogen and oxygen atoms in total. The van der Waals surface area contributed by atoms with Gasteiger partial charge in [-0.2, -0.15) is 0 Å². The molecule has 1 saturated carbocycles. The number of carbonyl (C=O) groups excluding carboxylic acids is 2. The summed E-state index contributed by atoms with van der Waals surface area (Å²) in [7, 11) is -3.82.